The van der Waals surface area contributed by atoms with Crippen molar-refractivity contribution in [1.29, 1.82) is 0 Å². The van der Waals surface area contributed by atoms with Crippen molar-refractivity contribution in [2.24, 2.45) is 0 Å². The maximum atomic E-state index is 11.6. The highest BCUT2D eigenvalue weighted by Gasteiger charge is 2.09. The Morgan fingerprint density at radius 2 is 1.23 bits per heavy atom. The third-order valence-corrected chi connectivity index (χ3v) is 3.28. The van der Waals surface area contributed by atoms with E-state index in [1.807, 2.05) is 60.7 Å². The molecule has 2 N–H and O–H groups in total. The fourth-order valence-electron chi connectivity index (χ4n) is 1.95. The van der Waals surface area contributed by atoms with Crippen LogP contribution in [0.15, 0.2) is 60.7 Å². The van der Waals surface area contributed by atoms with Crippen LogP contribution in [-0.2, 0) is 32.3 Å². The van der Waals surface area contributed by atoms with Crippen LogP contribution in [-0.4, -0.2) is 31.1 Å². The molecule has 0 aromatic heterocycles. The van der Waals surface area contributed by atoms with Crippen LogP contribution in [0.4, 0.5) is 4.79 Å². The van der Waals surface area contributed by atoms with E-state index in [1.165, 1.54) is 0 Å². The number of benzene rings is 2. The maximum absolute atomic E-state index is 11.6. The van der Waals surface area contributed by atoms with Crippen LogP contribution in [0.25, 0.3) is 0 Å². The number of nitrogens with one attached hydrogen (secondary N) is 2. The van der Waals surface area contributed by atoms with E-state index < -0.39 is 18.0 Å². The van der Waals surface area contributed by atoms with Gasteiger partial charge in [0.05, 0.1) is 0 Å². The van der Waals surface area contributed by atoms with E-state index in [-0.39, 0.29) is 26.3 Å². The van der Waals surface area contributed by atoms with Gasteiger partial charge in [-0.2, -0.15) is 0 Å². The first-order valence-corrected chi connectivity index (χ1v) is 8.04. The average Bonchev–Trinajstić information content (AvgIpc) is 2.69. The topological polar surface area (TPSA) is 93.7 Å². The monoisotopic (exact) mass is 356 g/mol. The molecular formula is C19H20N2O5. The zero-order valence-corrected chi connectivity index (χ0v) is 14.1. The van der Waals surface area contributed by atoms with Gasteiger partial charge in [-0.1, -0.05) is 60.7 Å². The maximum Gasteiger partial charge on any atom is 0.407 e. The molecular weight excluding hydrogens is 336 g/mol. The molecule has 0 saturated heterocycles. The van der Waals surface area contributed by atoms with Crippen LogP contribution in [0.5, 0.6) is 0 Å². The van der Waals surface area contributed by atoms with Gasteiger partial charge in [-0.05, 0) is 11.1 Å². The van der Waals surface area contributed by atoms with Gasteiger partial charge in [0.2, 0.25) is 5.91 Å². The Bertz CT molecular complexity index is 658. The quantitative estimate of drug-likeness (QED) is 0.703. The third kappa shape index (κ3) is 7.48. The molecule has 0 atom stereocenters. The van der Waals surface area contributed by atoms with Crippen LogP contribution in [0.1, 0.15) is 11.1 Å². The number of ether oxygens (including phenoxy) is 2. The molecule has 2 aromatic carbocycles. The Morgan fingerprint density at radius 1 is 0.692 bits per heavy atom. The second-order valence-electron chi connectivity index (χ2n) is 5.34. The van der Waals surface area contributed by atoms with E-state index in [0.717, 1.165) is 11.1 Å². The summed E-state index contributed by atoms with van der Waals surface area (Å²) in [6.07, 6.45) is -0.712. The van der Waals surface area contributed by atoms with E-state index >= 15 is 0 Å². The second kappa shape index (κ2) is 10.5. The van der Waals surface area contributed by atoms with E-state index in [1.54, 1.807) is 0 Å². The lowest BCUT2D eigenvalue weighted by Crippen LogP contribution is -2.39. The van der Waals surface area contributed by atoms with Gasteiger partial charge in [0.15, 0.2) is 0 Å². The van der Waals surface area contributed by atoms with E-state index in [9.17, 15) is 14.4 Å². The largest absolute Gasteiger partial charge is 0.460 e. The summed E-state index contributed by atoms with van der Waals surface area (Å²) < 4.78 is 10.00. The number of hydrogen-bond acceptors (Lipinski definition) is 5. The molecule has 0 fully saturated rings. The lowest BCUT2D eigenvalue weighted by Gasteiger charge is -2.08. The highest BCUT2D eigenvalue weighted by molar-refractivity contribution is 5.85. The first-order valence-electron chi connectivity index (χ1n) is 8.04. The SMILES string of the molecule is O=C(CNC(=O)OCc1ccccc1)NCC(=O)OCc1ccccc1. The molecule has 0 aliphatic heterocycles. The van der Waals surface area contributed by atoms with Gasteiger partial charge in [-0.3, -0.25) is 9.59 Å². The number of carbonyl (C=O) groups is 3. The summed E-state index contributed by atoms with van der Waals surface area (Å²) in [7, 11) is 0. The first kappa shape index (κ1) is 19.0. The smallest absolute Gasteiger partial charge is 0.407 e. The zero-order valence-electron chi connectivity index (χ0n) is 14.1. The molecule has 0 aliphatic rings. The van der Waals surface area contributed by atoms with Crippen molar-refractivity contribution < 1.29 is 23.9 Å². The minimum absolute atomic E-state index is 0.111. The Kier molecular flexibility index (Phi) is 7.67. The van der Waals surface area contributed by atoms with Gasteiger partial charge in [0.25, 0.3) is 0 Å². The molecule has 136 valence electrons. The molecule has 0 radical (unpaired) electrons. The lowest BCUT2D eigenvalue weighted by molar-refractivity contribution is -0.145. The van der Waals surface area contributed by atoms with Gasteiger partial charge in [-0.15, -0.1) is 0 Å². The fraction of sp³-hybridized carbons (Fsp3) is 0.211. The predicted molar refractivity (Wildman–Crippen MR) is 93.9 cm³/mol. The minimum atomic E-state index is -0.712. The van der Waals surface area contributed by atoms with Crippen molar-refractivity contribution in [2.45, 2.75) is 13.2 Å². The zero-order chi connectivity index (χ0) is 18.6. The number of alkyl carbamates (subject to hydrolysis) is 1. The summed E-state index contributed by atoms with van der Waals surface area (Å²) in [5.41, 5.74) is 1.70. The van der Waals surface area contributed by atoms with E-state index in [4.69, 9.17) is 9.47 Å². The standard InChI is InChI=1S/C19H20N2O5/c22-17(11-21-19(24)26-14-16-9-5-2-6-10-16)20-12-18(23)25-13-15-7-3-1-4-8-15/h1-10H,11-14H2,(H,20,22)(H,21,24). The molecule has 0 bridgehead atoms. The number of amides is 2. The normalized spacial score (nSPS) is 9.85. The van der Waals surface area contributed by atoms with Gasteiger partial charge in [0.1, 0.15) is 26.3 Å². The van der Waals surface area contributed by atoms with Crippen LogP contribution in [0.2, 0.25) is 0 Å². The fourth-order valence-corrected chi connectivity index (χ4v) is 1.95. The van der Waals surface area contributed by atoms with Crippen molar-refractivity contribution in [3.05, 3.63) is 71.8 Å². The van der Waals surface area contributed by atoms with Gasteiger partial charge in [-0.25, -0.2) is 4.79 Å². The third-order valence-electron chi connectivity index (χ3n) is 3.28. The molecule has 0 spiro atoms. The van der Waals surface area contributed by atoms with Crippen molar-refractivity contribution in [3.8, 4) is 0 Å². The Hall–Kier alpha value is -3.35. The van der Waals surface area contributed by atoms with Crippen LogP contribution in [0.3, 0.4) is 0 Å². The Morgan fingerprint density at radius 3 is 1.81 bits per heavy atom. The molecule has 2 rings (SSSR count). The van der Waals surface area contributed by atoms with Crippen molar-refractivity contribution in [3.63, 3.8) is 0 Å². The number of hydrogen-bond donors (Lipinski definition) is 2. The lowest BCUT2D eigenvalue weighted by atomic mass is 10.2. The molecule has 7 nitrogen and oxygen atoms in total. The highest BCUT2D eigenvalue weighted by Crippen LogP contribution is 2.01. The number of esters is 1. The molecule has 7 heteroatoms. The Balaban J connectivity index is 1.56. The van der Waals surface area contributed by atoms with Crippen LogP contribution >= 0.6 is 0 Å². The Labute approximate surface area is 151 Å². The summed E-state index contributed by atoms with van der Waals surface area (Å²) in [6.45, 7) is -0.314. The van der Waals surface area contributed by atoms with Gasteiger partial charge in [0, 0.05) is 0 Å². The summed E-state index contributed by atoms with van der Waals surface area (Å²) in [5, 5.41) is 4.67. The minimum Gasteiger partial charge on any atom is -0.460 e. The van der Waals surface area contributed by atoms with Crippen molar-refractivity contribution >= 4 is 18.0 Å². The molecule has 26 heavy (non-hydrogen) atoms. The number of carbonyl (C=O) groups excluding carboxylic acids is 3. The summed E-state index contributed by atoms with van der Waals surface area (Å²) >= 11 is 0. The van der Waals surface area contributed by atoms with E-state index in [0.29, 0.717) is 0 Å². The van der Waals surface area contributed by atoms with Gasteiger partial charge < -0.3 is 20.1 Å². The molecule has 0 heterocycles. The van der Waals surface area contributed by atoms with Crippen LogP contribution in [0, 0.1) is 0 Å². The molecule has 2 aromatic rings. The molecule has 0 unspecified atom stereocenters. The van der Waals surface area contributed by atoms with Gasteiger partial charge >= 0.3 is 12.1 Å². The predicted octanol–water partition coefficient (Wildman–Crippen LogP) is 1.77. The van der Waals surface area contributed by atoms with Crippen LogP contribution < -0.4 is 10.6 Å². The molecule has 0 aliphatic carbocycles. The molecule has 2 amide bonds. The van der Waals surface area contributed by atoms with Crippen molar-refractivity contribution in [2.75, 3.05) is 13.1 Å². The van der Waals surface area contributed by atoms with Crippen molar-refractivity contribution in [1.82, 2.24) is 10.6 Å². The highest BCUT2D eigenvalue weighted by atomic mass is 16.5. The summed E-state index contributed by atoms with van der Waals surface area (Å²) in [5.74, 6) is -1.08. The van der Waals surface area contributed by atoms with E-state index in [2.05, 4.69) is 10.6 Å². The summed E-state index contributed by atoms with van der Waals surface area (Å²) in [4.78, 5) is 34.7. The first-order chi connectivity index (χ1) is 12.6. The number of rotatable bonds is 8. The molecule has 0 saturated carbocycles. The summed E-state index contributed by atoms with van der Waals surface area (Å²) in [6, 6.07) is 18.4. The second-order valence-corrected chi connectivity index (χ2v) is 5.34. The average molecular weight is 356 g/mol.